The minimum absolute atomic E-state index is 0.125. The predicted octanol–water partition coefficient (Wildman–Crippen LogP) is 8.83. The molecule has 2 rings (SSSR count). The quantitative estimate of drug-likeness (QED) is 0.0172. The van der Waals surface area contributed by atoms with Crippen LogP contribution in [-0.2, 0) is 38.0 Å². The van der Waals surface area contributed by atoms with Gasteiger partial charge in [0.1, 0.15) is 55.4 Å². The van der Waals surface area contributed by atoms with Crippen molar-refractivity contribution in [2.24, 2.45) is 0 Å². The molecule has 15 heteroatoms. The van der Waals surface area contributed by atoms with Crippen LogP contribution in [0.3, 0.4) is 0 Å². The third-order valence-corrected chi connectivity index (χ3v) is 12.9. The third kappa shape index (κ3) is 30.5. The van der Waals surface area contributed by atoms with Gasteiger partial charge in [-0.05, 0) is 77.0 Å². The first kappa shape index (κ1) is 65.3. The van der Waals surface area contributed by atoms with E-state index >= 15 is 0 Å². The lowest BCUT2D eigenvalue weighted by molar-refractivity contribution is -0.332. The Labute approximate surface area is 432 Å². The van der Waals surface area contributed by atoms with Gasteiger partial charge in [0.05, 0.1) is 19.8 Å². The Balaban J connectivity index is 1.79. The van der Waals surface area contributed by atoms with Crippen LogP contribution < -0.4 is 0 Å². The summed E-state index contributed by atoms with van der Waals surface area (Å²) in [5, 5.41) is 72.2. The number of hydrogen-bond donors (Lipinski definition) is 7. The van der Waals surface area contributed by atoms with Gasteiger partial charge >= 0.3 is 11.9 Å². The molecule has 0 radical (unpaired) electrons. The minimum atomic E-state index is -1.77. The molecule has 0 aromatic rings. The molecule has 0 aliphatic carbocycles. The van der Waals surface area contributed by atoms with Crippen molar-refractivity contribution in [1.29, 1.82) is 0 Å². The highest BCUT2D eigenvalue weighted by Gasteiger charge is 2.47. The van der Waals surface area contributed by atoms with Crippen LogP contribution in [0.5, 0.6) is 0 Å². The lowest BCUT2D eigenvalue weighted by atomic mass is 9.98. The zero-order valence-corrected chi connectivity index (χ0v) is 44.1. The fraction of sp³-hybridized carbons (Fsp3) is 0.789. The van der Waals surface area contributed by atoms with E-state index in [4.69, 9.17) is 28.4 Å². The van der Waals surface area contributed by atoms with E-state index in [1.807, 2.05) is 0 Å². The summed E-state index contributed by atoms with van der Waals surface area (Å²) in [6.45, 7) is 2.49. The second kappa shape index (κ2) is 43.4. The van der Waals surface area contributed by atoms with E-state index in [0.29, 0.717) is 12.8 Å². The lowest BCUT2D eigenvalue weighted by Gasteiger charge is -2.42. The molecule has 2 aliphatic rings. The van der Waals surface area contributed by atoms with Gasteiger partial charge in [0, 0.05) is 12.8 Å². The van der Waals surface area contributed by atoms with Crippen molar-refractivity contribution in [2.75, 3.05) is 26.4 Å². The summed E-state index contributed by atoms with van der Waals surface area (Å²) in [7, 11) is 0. The minimum Gasteiger partial charge on any atom is -0.462 e. The largest absolute Gasteiger partial charge is 0.462 e. The number of rotatable bonds is 43. The Morgan fingerprint density at radius 3 is 1.39 bits per heavy atom. The molecule has 2 fully saturated rings. The maximum Gasteiger partial charge on any atom is 0.306 e. The van der Waals surface area contributed by atoms with Gasteiger partial charge in [0.25, 0.3) is 0 Å². The lowest BCUT2D eigenvalue weighted by Crippen LogP contribution is -2.61. The zero-order chi connectivity index (χ0) is 52.4. The highest BCUT2D eigenvalue weighted by Crippen LogP contribution is 2.26. The number of hydrogen-bond acceptors (Lipinski definition) is 15. The number of unbranched alkanes of at least 4 members (excludes halogenated alkanes) is 19. The summed E-state index contributed by atoms with van der Waals surface area (Å²) in [6.07, 6.45) is 33.8. The van der Waals surface area contributed by atoms with E-state index in [1.54, 1.807) is 0 Å². The summed E-state index contributed by atoms with van der Waals surface area (Å²) >= 11 is 0. The number of carbonyl (C=O) groups excluding carboxylic acids is 2. The summed E-state index contributed by atoms with van der Waals surface area (Å²) in [4.78, 5) is 25.8. The van der Waals surface area contributed by atoms with Gasteiger partial charge in [-0.25, -0.2) is 0 Å². The van der Waals surface area contributed by atoms with Crippen molar-refractivity contribution >= 4 is 11.9 Å². The van der Waals surface area contributed by atoms with Crippen molar-refractivity contribution in [2.45, 2.75) is 261 Å². The Kier molecular flexibility index (Phi) is 39.4. The number of aliphatic hydroxyl groups excluding tert-OH is 7. The fourth-order valence-corrected chi connectivity index (χ4v) is 8.38. The molecule has 11 atom stereocenters. The first-order chi connectivity index (χ1) is 35.0. The summed E-state index contributed by atoms with van der Waals surface area (Å²) in [6, 6.07) is 0. The van der Waals surface area contributed by atoms with E-state index in [0.717, 1.165) is 64.2 Å². The molecule has 416 valence electrons. The molecule has 0 spiro atoms. The molecule has 2 saturated heterocycles. The summed E-state index contributed by atoms with van der Waals surface area (Å²) in [5.41, 5.74) is 0. The molecule has 0 aromatic carbocycles. The first-order valence-corrected chi connectivity index (χ1v) is 27.9. The van der Waals surface area contributed by atoms with Crippen LogP contribution in [0.25, 0.3) is 0 Å². The van der Waals surface area contributed by atoms with Gasteiger partial charge in [-0.15, -0.1) is 0 Å². The van der Waals surface area contributed by atoms with Gasteiger partial charge in [-0.2, -0.15) is 0 Å². The predicted molar refractivity (Wildman–Crippen MR) is 280 cm³/mol. The molecular formula is C57H98O15. The maximum absolute atomic E-state index is 13.0. The number of aliphatic hydroxyl groups is 7. The van der Waals surface area contributed by atoms with Gasteiger partial charge < -0.3 is 64.2 Å². The van der Waals surface area contributed by atoms with E-state index in [2.05, 4.69) is 74.6 Å². The Morgan fingerprint density at radius 2 is 0.861 bits per heavy atom. The number of ether oxygens (including phenoxy) is 6. The van der Waals surface area contributed by atoms with Crippen LogP contribution in [-0.4, -0.2) is 142 Å². The van der Waals surface area contributed by atoms with Crippen LogP contribution in [0.2, 0.25) is 0 Å². The van der Waals surface area contributed by atoms with E-state index in [-0.39, 0.29) is 19.4 Å². The van der Waals surface area contributed by atoms with Gasteiger partial charge in [-0.3, -0.25) is 9.59 Å². The Bertz CT molecular complexity index is 1480. The van der Waals surface area contributed by atoms with Crippen LogP contribution >= 0.6 is 0 Å². The normalized spacial score (nSPS) is 25.5. The summed E-state index contributed by atoms with van der Waals surface area (Å²) < 4.78 is 33.6. The van der Waals surface area contributed by atoms with Crippen LogP contribution in [0.15, 0.2) is 60.8 Å². The molecule has 7 N–H and O–H groups in total. The van der Waals surface area contributed by atoms with E-state index in [9.17, 15) is 45.3 Å². The van der Waals surface area contributed by atoms with E-state index in [1.165, 1.54) is 89.9 Å². The maximum atomic E-state index is 13.0. The van der Waals surface area contributed by atoms with Crippen molar-refractivity contribution < 1.29 is 73.8 Å². The fourth-order valence-electron chi connectivity index (χ4n) is 8.38. The molecule has 15 nitrogen and oxygen atoms in total. The standard InChI is InChI=1S/C57H98O15/c1-3-5-7-9-11-13-15-17-19-21-22-24-25-27-29-31-33-35-37-39-48(59)67-42-45(70-49(60)40-38-36-34-32-30-28-26-23-20-18-16-14-12-10-8-6-4-2)43-68-56-55(66)53(64)51(62)47(72-56)44-69-57-54(65)52(63)50(61)46(41-58)71-57/h8,10,14,16-17,19-20,23,28,30,45-47,50-58,61-66H,3-7,9,11-13,15,18,21-22,24-27,29,31-44H2,1-2H3/b10-8+,16-14+,19-17+,23-20+,30-28+/t45-,46+,47+,50-,51-,52?,53?,54?,55?,56+,57+/m0/s1. The molecule has 0 aromatic heterocycles. The van der Waals surface area contributed by atoms with Crippen molar-refractivity contribution in [1.82, 2.24) is 0 Å². The number of allylic oxidation sites excluding steroid dienone is 10. The van der Waals surface area contributed by atoms with Crippen LogP contribution in [0.4, 0.5) is 0 Å². The Morgan fingerprint density at radius 1 is 0.444 bits per heavy atom. The molecule has 0 bridgehead atoms. The van der Waals surface area contributed by atoms with Gasteiger partial charge in [-0.1, -0.05) is 164 Å². The third-order valence-electron chi connectivity index (χ3n) is 12.9. The zero-order valence-electron chi connectivity index (χ0n) is 44.1. The van der Waals surface area contributed by atoms with Crippen molar-refractivity contribution in [3.8, 4) is 0 Å². The number of carbonyl (C=O) groups is 2. The molecule has 2 aliphatic heterocycles. The van der Waals surface area contributed by atoms with Crippen molar-refractivity contribution in [3.05, 3.63) is 60.8 Å². The SMILES string of the molecule is CCC/C=C/C/C=C/C/C=C/C/C=C/CCCCCC(=O)O[C@@H](COC(=O)CCCCCCCCCCC/C=C/CCCCCCCC)CO[C@@H]1O[C@H](CO[C@@H]2O[C@H](CO)[C@H](O)C(O)C2O)[C@H](O)C(O)C1O. The highest BCUT2D eigenvalue weighted by molar-refractivity contribution is 5.70. The summed E-state index contributed by atoms with van der Waals surface area (Å²) in [5.74, 6) is -0.963. The highest BCUT2D eigenvalue weighted by atomic mass is 16.7. The molecule has 0 saturated carbocycles. The van der Waals surface area contributed by atoms with E-state index < -0.39 is 99.3 Å². The van der Waals surface area contributed by atoms with Crippen LogP contribution in [0, 0.1) is 0 Å². The molecule has 2 heterocycles. The second-order valence-corrected chi connectivity index (χ2v) is 19.4. The smallest absolute Gasteiger partial charge is 0.306 e. The van der Waals surface area contributed by atoms with Gasteiger partial charge in [0.15, 0.2) is 18.7 Å². The average molecular weight is 1020 g/mol. The molecule has 4 unspecified atom stereocenters. The van der Waals surface area contributed by atoms with Crippen LogP contribution in [0.1, 0.15) is 194 Å². The topological polar surface area (TPSA) is 231 Å². The first-order valence-electron chi connectivity index (χ1n) is 27.9. The van der Waals surface area contributed by atoms with Gasteiger partial charge in [0.2, 0.25) is 0 Å². The van der Waals surface area contributed by atoms with Crippen molar-refractivity contribution in [3.63, 3.8) is 0 Å². The monoisotopic (exact) mass is 1020 g/mol. The molecule has 72 heavy (non-hydrogen) atoms. The number of esters is 2. The molecule has 0 amide bonds. The molecular weight excluding hydrogens is 925 g/mol. The second-order valence-electron chi connectivity index (χ2n) is 19.4. The average Bonchev–Trinajstić information content (AvgIpc) is 3.37. The Hall–Kier alpha value is -2.80.